The zero-order valence-electron chi connectivity index (χ0n) is 10.5. The predicted molar refractivity (Wildman–Crippen MR) is 66.2 cm³/mol. The Labute approximate surface area is 106 Å². The van der Waals surface area contributed by atoms with E-state index >= 15 is 0 Å². The van der Waals surface area contributed by atoms with Gasteiger partial charge in [0.2, 0.25) is 0 Å². The molecule has 1 saturated carbocycles. The smallest absolute Gasteiger partial charge is 0.360 e. The number of esters is 1. The SMILES string of the molecule is COC(=O)c1ncn(C2CCN(C3CC3)C2)c1N. The summed E-state index contributed by atoms with van der Waals surface area (Å²) in [4.78, 5) is 18.0. The van der Waals surface area contributed by atoms with Crippen molar-refractivity contribution in [2.24, 2.45) is 0 Å². The Hall–Kier alpha value is -1.56. The number of nitrogens with zero attached hydrogens (tertiary/aromatic N) is 3. The molecule has 3 rings (SSSR count). The van der Waals surface area contributed by atoms with Crippen LogP contribution in [0.25, 0.3) is 0 Å². The summed E-state index contributed by atoms with van der Waals surface area (Å²) in [6, 6.07) is 1.11. The zero-order chi connectivity index (χ0) is 12.7. The molecule has 2 heterocycles. The molecule has 0 spiro atoms. The number of nitrogen functional groups attached to an aromatic ring is 1. The van der Waals surface area contributed by atoms with E-state index in [0.717, 1.165) is 25.6 Å². The summed E-state index contributed by atoms with van der Waals surface area (Å²) >= 11 is 0. The largest absolute Gasteiger partial charge is 0.464 e. The standard InChI is InChI=1S/C12H18N4O2/c1-18-12(17)10-11(13)16(7-14-10)9-4-5-15(6-9)8-2-3-8/h7-9H,2-6,13H2,1H3. The maximum absolute atomic E-state index is 11.5. The van der Waals surface area contributed by atoms with Gasteiger partial charge in [-0.1, -0.05) is 0 Å². The van der Waals surface area contributed by atoms with Crippen molar-refractivity contribution in [2.75, 3.05) is 25.9 Å². The van der Waals surface area contributed by atoms with Gasteiger partial charge in [0.25, 0.3) is 0 Å². The van der Waals surface area contributed by atoms with Gasteiger partial charge in [-0.15, -0.1) is 0 Å². The lowest BCUT2D eigenvalue weighted by atomic mass is 10.2. The predicted octanol–water partition coefficient (Wildman–Crippen LogP) is 0.661. The number of anilines is 1. The van der Waals surface area contributed by atoms with Crippen molar-refractivity contribution in [3.63, 3.8) is 0 Å². The summed E-state index contributed by atoms with van der Waals surface area (Å²) < 4.78 is 6.57. The Balaban J connectivity index is 1.76. The highest BCUT2D eigenvalue weighted by Crippen LogP contribution is 2.34. The topological polar surface area (TPSA) is 73.4 Å². The first-order valence-electron chi connectivity index (χ1n) is 6.35. The fourth-order valence-corrected chi connectivity index (χ4v) is 2.68. The molecule has 1 aliphatic heterocycles. The number of carbonyl (C=O) groups excluding carboxylic acids is 1. The van der Waals surface area contributed by atoms with Gasteiger partial charge in [0.1, 0.15) is 5.82 Å². The molecule has 2 fully saturated rings. The van der Waals surface area contributed by atoms with E-state index in [4.69, 9.17) is 5.73 Å². The van der Waals surface area contributed by atoms with Crippen LogP contribution in [0, 0.1) is 0 Å². The Morgan fingerprint density at radius 3 is 2.89 bits per heavy atom. The third-order valence-electron chi connectivity index (χ3n) is 3.86. The molecule has 6 nitrogen and oxygen atoms in total. The maximum atomic E-state index is 11.5. The molecule has 1 aromatic rings. The van der Waals surface area contributed by atoms with Crippen LogP contribution in [0.15, 0.2) is 6.33 Å². The third kappa shape index (κ3) is 1.86. The highest BCUT2D eigenvalue weighted by molar-refractivity contribution is 5.92. The van der Waals surface area contributed by atoms with Crippen molar-refractivity contribution in [2.45, 2.75) is 31.3 Å². The molecule has 6 heteroatoms. The van der Waals surface area contributed by atoms with Crippen molar-refractivity contribution < 1.29 is 9.53 Å². The quantitative estimate of drug-likeness (QED) is 0.798. The fourth-order valence-electron chi connectivity index (χ4n) is 2.68. The molecular weight excluding hydrogens is 232 g/mol. The lowest BCUT2D eigenvalue weighted by Gasteiger charge is -2.16. The van der Waals surface area contributed by atoms with E-state index < -0.39 is 5.97 Å². The molecular formula is C12H18N4O2. The van der Waals surface area contributed by atoms with Crippen molar-refractivity contribution in [1.82, 2.24) is 14.5 Å². The van der Waals surface area contributed by atoms with Crippen LogP contribution in [0.1, 0.15) is 35.8 Å². The zero-order valence-corrected chi connectivity index (χ0v) is 10.5. The molecule has 1 saturated heterocycles. The molecule has 18 heavy (non-hydrogen) atoms. The van der Waals surface area contributed by atoms with Gasteiger partial charge in [0, 0.05) is 19.1 Å². The summed E-state index contributed by atoms with van der Waals surface area (Å²) in [7, 11) is 1.34. The highest BCUT2D eigenvalue weighted by atomic mass is 16.5. The molecule has 0 aromatic carbocycles. The third-order valence-corrected chi connectivity index (χ3v) is 3.86. The monoisotopic (exact) mass is 250 g/mol. The molecule has 1 unspecified atom stereocenters. The van der Waals surface area contributed by atoms with E-state index in [1.54, 1.807) is 6.33 Å². The second kappa shape index (κ2) is 4.28. The van der Waals surface area contributed by atoms with Gasteiger partial charge in [0.15, 0.2) is 5.69 Å². The molecule has 2 N–H and O–H groups in total. The number of hydrogen-bond acceptors (Lipinski definition) is 5. The first-order valence-corrected chi connectivity index (χ1v) is 6.35. The summed E-state index contributed by atoms with van der Waals surface area (Å²) in [5, 5.41) is 0. The van der Waals surface area contributed by atoms with Crippen LogP contribution in [0.2, 0.25) is 0 Å². The van der Waals surface area contributed by atoms with Crippen LogP contribution in [-0.4, -0.2) is 46.7 Å². The van der Waals surface area contributed by atoms with E-state index in [1.807, 2.05) is 4.57 Å². The molecule has 1 aromatic heterocycles. The number of aromatic nitrogens is 2. The lowest BCUT2D eigenvalue weighted by molar-refractivity contribution is 0.0596. The number of methoxy groups -OCH3 is 1. The van der Waals surface area contributed by atoms with Crippen molar-refractivity contribution >= 4 is 11.8 Å². The van der Waals surface area contributed by atoms with Gasteiger partial charge in [-0.25, -0.2) is 9.78 Å². The second-order valence-electron chi connectivity index (χ2n) is 5.05. The minimum absolute atomic E-state index is 0.224. The van der Waals surface area contributed by atoms with Gasteiger partial charge in [0.05, 0.1) is 19.5 Å². The number of carbonyl (C=O) groups is 1. The van der Waals surface area contributed by atoms with E-state index in [9.17, 15) is 4.79 Å². The van der Waals surface area contributed by atoms with Crippen LogP contribution >= 0.6 is 0 Å². The van der Waals surface area contributed by atoms with Crippen LogP contribution in [0.4, 0.5) is 5.82 Å². The molecule has 2 aliphatic rings. The molecule has 0 radical (unpaired) electrons. The van der Waals surface area contributed by atoms with E-state index in [1.165, 1.54) is 20.0 Å². The van der Waals surface area contributed by atoms with E-state index in [-0.39, 0.29) is 5.69 Å². The van der Waals surface area contributed by atoms with Gasteiger partial charge in [-0.3, -0.25) is 4.90 Å². The van der Waals surface area contributed by atoms with Gasteiger partial charge in [-0.2, -0.15) is 0 Å². The van der Waals surface area contributed by atoms with Crippen molar-refractivity contribution in [3.8, 4) is 0 Å². The minimum Gasteiger partial charge on any atom is -0.464 e. The first-order chi connectivity index (χ1) is 8.70. The minimum atomic E-state index is -0.469. The Morgan fingerprint density at radius 1 is 1.44 bits per heavy atom. The Bertz CT molecular complexity index is 467. The van der Waals surface area contributed by atoms with E-state index in [0.29, 0.717) is 11.9 Å². The van der Waals surface area contributed by atoms with Gasteiger partial charge >= 0.3 is 5.97 Å². The van der Waals surface area contributed by atoms with Crippen molar-refractivity contribution in [1.29, 1.82) is 0 Å². The number of nitrogens with two attached hydrogens (primary N) is 1. The number of rotatable bonds is 3. The van der Waals surface area contributed by atoms with Crippen LogP contribution in [0.3, 0.4) is 0 Å². The van der Waals surface area contributed by atoms with Crippen LogP contribution in [-0.2, 0) is 4.74 Å². The highest BCUT2D eigenvalue weighted by Gasteiger charge is 2.35. The average molecular weight is 250 g/mol. The fraction of sp³-hybridized carbons (Fsp3) is 0.667. The normalized spacial score (nSPS) is 24.4. The summed E-state index contributed by atoms with van der Waals surface area (Å²) in [6.45, 7) is 2.12. The lowest BCUT2D eigenvalue weighted by Crippen LogP contribution is -2.24. The first kappa shape index (κ1) is 11.5. The van der Waals surface area contributed by atoms with Crippen LogP contribution in [0.5, 0.6) is 0 Å². The van der Waals surface area contributed by atoms with Crippen LogP contribution < -0.4 is 5.73 Å². The van der Waals surface area contributed by atoms with Gasteiger partial charge in [-0.05, 0) is 19.3 Å². The summed E-state index contributed by atoms with van der Waals surface area (Å²) in [6.07, 6.45) is 5.36. The summed E-state index contributed by atoms with van der Waals surface area (Å²) in [5.41, 5.74) is 6.20. The molecule has 0 amide bonds. The van der Waals surface area contributed by atoms with Crippen molar-refractivity contribution in [3.05, 3.63) is 12.0 Å². The number of hydrogen-bond donors (Lipinski definition) is 1. The molecule has 98 valence electrons. The number of likely N-dealkylation sites (tertiary alicyclic amines) is 1. The maximum Gasteiger partial charge on any atom is 0.360 e. The Morgan fingerprint density at radius 2 is 2.22 bits per heavy atom. The van der Waals surface area contributed by atoms with Gasteiger partial charge < -0.3 is 15.0 Å². The molecule has 1 atom stereocenters. The average Bonchev–Trinajstić information content (AvgIpc) is 2.99. The molecule has 1 aliphatic carbocycles. The second-order valence-corrected chi connectivity index (χ2v) is 5.05. The molecule has 0 bridgehead atoms. The summed E-state index contributed by atoms with van der Waals surface area (Å²) in [5.74, 6) is -0.0483. The number of imidazole rings is 1. The Kier molecular flexibility index (Phi) is 2.74. The number of ether oxygens (including phenoxy) is 1. The van der Waals surface area contributed by atoms with E-state index in [2.05, 4.69) is 14.6 Å².